The fraction of sp³-hybridized carbons (Fsp3) is 0.464. The van der Waals surface area contributed by atoms with E-state index in [1.807, 2.05) is 44.5 Å². The molecule has 0 spiro atoms. The molecule has 4 heterocycles. The van der Waals surface area contributed by atoms with Crippen LogP contribution in [0.25, 0.3) is 11.0 Å². The lowest BCUT2D eigenvalue weighted by Gasteiger charge is -2.41. The second kappa shape index (κ2) is 11.0. The van der Waals surface area contributed by atoms with Crippen LogP contribution in [0.2, 0.25) is 0 Å². The zero-order valence-corrected chi connectivity index (χ0v) is 25.7. The number of pyridine rings is 1. The number of benzene rings is 1. The summed E-state index contributed by atoms with van der Waals surface area (Å²) in [7, 11) is -3.41. The van der Waals surface area contributed by atoms with E-state index in [1.165, 1.54) is 17.5 Å². The van der Waals surface area contributed by atoms with Gasteiger partial charge < -0.3 is 9.84 Å². The molecule has 0 aliphatic carbocycles. The van der Waals surface area contributed by atoms with Crippen molar-refractivity contribution in [3.05, 3.63) is 57.3 Å². The highest BCUT2D eigenvalue weighted by atomic mass is 32.3. The Morgan fingerprint density at radius 1 is 1.24 bits per heavy atom. The Labute approximate surface area is 244 Å². The molecule has 0 amide bonds. The van der Waals surface area contributed by atoms with E-state index in [-0.39, 0.29) is 24.1 Å². The average molecular weight is 601 g/mol. The van der Waals surface area contributed by atoms with Crippen LogP contribution in [0.15, 0.2) is 35.5 Å². The Morgan fingerprint density at radius 3 is 2.68 bits per heavy atom. The topological polar surface area (TPSA) is 147 Å². The average Bonchev–Trinajstić information content (AvgIpc) is 3.49. The van der Waals surface area contributed by atoms with Crippen LogP contribution >= 0.6 is 22.1 Å². The Hall–Kier alpha value is -3.10. The molecule has 0 radical (unpaired) electrons. The molecular weight excluding hydrogens is 564 g/mol. The molecule has 0 bridgehead atoms. The fourth-order valence-corrected chi connectivity index (χ4v) is 8.07. The molecular formula is C28H36N6O5S2. The zero-order chi connectivity index (χ0) is 29.7. The number of fused-ring (bicyclic) bond motifs is 2. The summed E-state index contributed by atoms with van der Waals surface area (Å²) in [5.41, 5.74) is 2.79. The standard InChI is InChI=1S/C28H36N6O5S2/c1-7-18-14-33(41(37,38)23-13-29-12-11-22(23)39-18)15-20-17(4)40-26(30-20)24(28(5,6)27(35)36)19-9-10-21-25(16(19)3)31-32-34(21)8-2/h9-13,18,24,37-38H,7-8,14-15H2,1-6H3,(H,35,36). The second-order valence-corrected chi connectivity index (χ2v) is 14.1. The van der Waals surface area contributed by atoms with Crippen molar-refractivity contribution in [2.24, 2.45) is 5.41 Å². The highest BCUT2D eigenvalue weighted by molar-refractivity contribution is 8.22. The summed E-state index contributed by atoms with van der Waals surface area (Å²) in [4.78, 5) is 22.8. The molecule has 2 atom stereocenters. The number of hydrogen-bond acceptors (Lipinski definition) is 10. The molecule has 1 aliphatic rings. The lowest BCUT2D eigenvalue weighted by molar-refractivity contribution is -0.147. The molecule has 5 rings (SSSR count). The number of carbonyl (C=O) groups is 1. The summed E-state index contributed by atoms with van der Waals surface area (Å²) in [5, 5.41) is 19.6. The number of carboxylic acid groups (broad SMARTS) is 1. The van der Waals surface area contributed by atoms with Crippen LogP contribution < -0.4 is 4.74 Å². The third-order valence-electron chi connectivity index (χ3n) is 7.91. The molecule has 0 fully saturated rings. The summed E-state index contributed by atoms with van der Waals surface area (Å²) in [6.45, 7) is 12.4. The monoisotopic (exact) mass is 600 g/mol. The fourth-order valence-electron chi connectivity index (χ4n) is 5.29. The maximum Gasteiger partial charge on any atom is 0.310 e. The minimum Gasteiger partial charge on any atom is -0.487 e. The highest BCUT2D eigenvalue weighted by Gasteiger charge is 2.43. The van der Waals surface area contributed by atoms with Gasteiger partial charge in [0.15, 0.2) is 0 Å². The van der Waals surface area contributed by atoms with E-state index < -0.39 is 28.1 Å². The van der Waals surface area contributed by atoms with E-state index in [1.54, 1.807) is 30.4 Å². The minimum atomic E-state index is -3.41. The first-order chi connectivity index (χ1) is 19.4. The number of aromatic nitrogens is 5. The van der Waals surface area contributed by atoms with Gasteiger partial charge in [0, 0.05) is 23.7 Å². The van der Waals surface area contributed by atoms with Crippen LogP contribution in [0.5, 0.6) is 5.75 Å². The van der Waals surface area contributed by atoms with E-state index in [4.69, 9.17) is 9.72 Å². The SMILES string of the molecule is CCC1CN(Cc2nc(C(c3ccc4c(nnn4CC)c3C)C(C)(C)C(=O)O)sc2C)S(O)(O)c2cnccc2O1. The van der Waals surface area contributed by atoms with Gasteiger partial charge in [-0.1, -0.05) is 18.2 Å². The van der Waals surface area contributed by atoms with Gasteiger partial charge in [0.05, 0.1) is 41.8 Å². The molecule has 11 nitrogen and oxygen atoms in total. The summed E-state index contributed by atoms with van der Waals surface area (Å²) >= 11 is 1.43. The Morgan fingerprint density at radius 2 is 2.00 bits per heavy atom. The lowest BCUT2D eigenvalue weighted by atomic mass is 9.74. The molecule has 2 unspecified atom stereocenters. The van der Waals surface area contributed by atoms with Gasteiger partial charge in [-0.2, -0.15) is 4.31 Å². The summed E-state index contributed by atoms with van der Waals surface area (Å²) in [6.07, 6.45) is 3.43. The van der Waals surface area contributed by atoms with Crippen LogP contribution in [-0.4, -0.2) is 62.1 Å². The normalized spacial score (nSPS) is 18.9. The third-order valence-corrected chi connectivity index (χ3v) is 10.9. The summed E-state index contributed by atoms with van der Waals surface area (Å²) in [6, 6.07) is 5.55. The zero-order valence-electron chi connectivity index (χ0n) is 24.0. The maximum atomic E-state index is 12.6. The molecule has 1 aliphatic heterocycles. The van der Waals surface area contributed by atoms with Crippen molar-refractivity contribution in [1.29, 1.82) is 0 Å². The van der Waals surface area contributed by atoms with Crippen molar-refractivity contribution in [3.63, 3.8) is 0 Å². The number of aliphatic carboxylic acids is 1. The van der Waals surface area contributed by atoms with E-state index in [9.17, 15) is 19.0 Å². The third kappa shape index (κ3) is 5.10. The van der Waals surface area contributed by atoms with Gasteiger partial charge in [0.2, 0.25) is 0 Å². The Balaban J connectivity index is 1.58. The smallest absolute Gasteiger partial charge is 0.310 e. The van der Waals surface area contributed by atoms with Crippen molar-refractivity contribution >= 4 is 39.1 Å². The van der Waals surface area contributed by atoms with Gasteiger partial charge in [-0.05, 0) is 58.2 Å². The van der Waals surface area contributed by atoms with Crippen LogP contribution in [0.3, 0.4) is 0 Å². The molecule has 1 aromatic carbocycles. The quantitative estimate of drug-likeness (QED) is 0.225. The molecule has 3 N–H and O–H groups in total. The first kappa shape index (κ1) is 29.4. The molecule has 41 heavy (non-hydrogen) atoms. The van der Waals surface area contributed by atoms with E-state index >= 15 is 0 Å². The van der Waals surface area contributed by atoms with Gasteiger partial charge in [-0.15, -0.1) is 27.2 Å². The lowest BCUT2D eigenvalue weighted by Crippen LogP contribution is -2.35. The molecule has 13 heteroatoms. The Bertz CT molecular complexity index is 1600. The molecule has 0 saturated heterocycles. The van der Waals surface area contributed by atoms with Crippen molar-refractivity contribution in [1.82, 2.24) is 29.3 Å². The number of nitrogens with zero attached hydrogens (tertiary/aromatic N) is 6. The van der Waals surface area contributed by atoms with Gasteiger partial charge >= 0.3 is 5.97 Å². The second-order valence-electron chi connectivity index (χ2n) is 10.9. The molecule has 220 valence electrons. The summed E-state index contributed by atoms with van der Waals surface area (Å²) in [5.74, 6) is -1.10. The number of carboxylic acids is 1. The van der Waals surface area contributed by atoms with Gasteiger partial charge in [-0.3, -0.25) is 18.9 Å². The van der Waals surface area contributed by atoms with Crippen LogP contribution in [-0.2, 0) is 17.9 Å². The maximum absolute atomic E-state index is 12.6. The molecule has 3 aromatic heterocycles. The predicted octanol–water partition coefficient (Wildman–Crippen LogP) is 5.86. The van der Waals surface area contributed by atoms with Crippen molar-refractivity contribution in [3.8, 4) is 5.75 Å². The van der Waals surface area contributed by atoms with Gasteiger partial charge in [0.25, 0.3) is 0 Å². The van der Waals surface area contributed by atoms with Gasteiger partial charge in [0.1, 0.15) is 27.3 Å². The van der Waals surface area contributed by atoms with Crippen molar-refractivity contribution in [2.45, 2.75) is 78.0 Å². The number of aryl methyl sites for hydroxylation is 3. The van der Waals surface area contributed by atoms with Crippen molar-refractivity contribution < 1.29 is 23.7 Å². The van der Waals surface area contributed by atoms with E-state index in [2.05, 4.69) is 15.3 Å². The van der Waals surface area contributed by atoms with Gasteiger partial charge in [-0.25, -0.2) is 9.67 Å². The van der Waals surface area contributed by atoms with E-state index in [0.29, 0.717) is 29.4 Å². The first-order valence-corrected chi connectivity index (χ1v) is 15.9. The largest absolute Gasteiger partial charge is 0.487 e. The van der Waals surface area contributed by atoms with E-state index in [0.717, 1.165) is 27.0 Å². The summed E-state index contributed by atoms with van der Waals surface area (Å²) < 4.78 is 32.3. The molecule has 0 saturated carbocycles. The number of hydrogen-bond donors (Lipinski definition) is 3. The first-order valence-electron chi connectivity index (χ1n) is 13.6. The minimum absolute atomic E-state index is 0.155. The van der Waals surface area contributed by atoms with Crippen molar-refractivity contribution in [2.75, 3.05) is 6.54 Å². The number of rotatable bonds is 8. The van der Waals surface area contributed by atoms with Crippen LogP contribution in [0.1, 0.15) is 66.7 Å². The number of thiazole rings is 1. The van der Waals surface area contributed by atoms with Crippen LogP contribution in [0, 0.1) is 19.3 Å². The number of ether oxygens (including phenoxy) is 1. The molecule has 4 aromatic rings. The predicted molar refractivity (Wildman–Crippen MR) is 159 cm³/mol. The Kier molecular flexibility index (Phi) is 7.85. The highest BCUT2D eigenvalue weighted by Crippen LogP contribution is 2.57. The van der Waals surface area contributed by atoms with Crippen LogP contribution in [0.4, 0.5) is 0 Å².